The van der Waals surface area contributed by atoms with Gasteiger partial charge in [0.1, 0.15) is 0 Å². The van der Waals surface area contributed by atoms with Gasteiger partial charge in [0.15, 0.2) is 12.4 Å². The van der Waals surface area contributed by atoms with Crippen molar-refractivity contribution in [1.82, 2.24) is 0 Å². The molecule has 34 heavy (non-hydrogen) atoms. The van der Waals surface area contributed by atoms with E-state index < -0.39 is 0 Å². The van der Waals surface area contributed by atoms with Crippen LogP contribution in [-0.2, 0) is 12.8 Å². The first-order valence-corrected chi connectivity index (χ1v) is 13.9. The minimum absolute atomic E-state index is 0.411. The van der Waals surface area contributed by atoms with Gasteiger partial charge in [-0.1, -0.05) is 148 Å². The Morgan fingerprint density at radius 3 is 1.50 bits per heavy atom. The van der Waals surface area contributed by atoms with Gasteiger partial charge in [0, 0.05) is 0 Å². The predicted molar refractivity (Wildman–Crippen MR) is 149 cm³/mol. The molecular formula is C32H45N2+. The molecule has 3 rings (SSSR count). The highest BCUT2D eigenvalue weighted by Gasteiger charge is 2.35. The van der Waals surface area contributed by atoms with Crippen LogP contribution in [0.1, 0.15) is 95.1 Å². The molecule has 1 aliphatic rings. The van der Waals surface area contributed by atoms with Crippen LogP contribution < -0.4 is 0 Å². The molecule has 0 bridgehead atoms. The molecule has 2 nitrogen and oxygen atoms in total. The second-order valence-electron chi connectivity index (χ2n) is 9.98. The normalized spacial score (nSPS) is 13.8. The van der Waals surface area contributed by atoms with Crippen molar-refractivity contribution in [3.8, 4) is 0 Å². The Hall–Kier alpha value is -2.35. The molecule has 0 saturated heterocycles. The summed E-state index contributed by atoms with van der Waals surface area (Å²) in [6, 6.07) is 21.9. The zero-order valence-electron chi connectivity index (χ0n) is 21.4. The number of benzene rings is 2. The molecule has 1 unspecified atom stereocenters. The van der Waals surface area contributed by atoms with Gasteiger partial charge < -0.3 is 0 Å². The summed E-state index contributed by atoms with van der Waals surface area (Å²) >= 11 is 0. The van der Waals surface area contributed by atoms with Crippen LogP contribution in [-0.4, -0.2) is 12.4 Å². The van der Waals surface area contributed by atoms with Crippen molar-refractivity contribution in [2.45, 2.75) is 96.8 Å². The fourth-order valence-electron chi connectivity index (χ4n) is 5.24. The van der Waals surface area contributed by atoms with Crippen LogP contribution >= 0.6 is 0 Å². The molecule has 0 saturated carbocycles. The van der Waals surface area contributed by atoms with Crippen molar-refractivity contribution in [2.75, 3.05) is 0 Å². The number of unbranched alkanes of at least 4 members (excludes halogenated alkanes) is 10. The van der Waals surface area contributed by atoms with E-state index in [0.717, 1.165) is 19.0 Å². The van der Waals surface area contributed by atoms with Gasteiger partial charge in [0.05, 0.1) is 5.92 Å². The van der Waals surface area contributed by atoms with Crippen LogP contribution in [0.4, 0.5) is 0 Å². The SMILES string of the molecule is CCCCCCCCCCCCCC([C+]1N=CC=N1)C(Cc1ccccc1)Cc1ccccc1. The average Bonchev–Trinajstić information content (AvgIpc) is 3.40. The standard InChI is InChI=1S/C32H45N2/c1-2-3-4-5-6-7-8-9-10-11-18-23-31(32-33-24-25-34-32)30(26-28-19-14-12-15-20-28)27-29-21-16-13-17-22-29/h12-17,19-22,24-25,30-31H,2-11,18,23,26-27H2,1H3/q+1. The highest BCUT2D eigenvalue weighted by atomic mass is 15.0. The first-order valence-electron chi connectivity index (χ1n) is 13.9. The Labute approximate surface area is 209 Å². The molecule has 0 spiro atoms. The molecule has 182 valence electrons. The maximum Gasteiger partial charge on any atom is 0.244 e. The smallest absolute Gasteiger partial charge is 0.0965 e. The Kier molecular flexibility index (Phi) is 12.6. The monoisotopic (exact) mass is 457 g/mol. The summed E-state index contributed by atoms with van der Waals surface area (Å²) in [7, 11) is 0. The second kappa shape index (κ2) is 16.3. The van der Waals surface area contributed by atoms with Gasteiger partial charge in [0.25, 0.3) is 0 Å². The lowest BCUT2D eigenvalue weighted by Crippen LogP contribution is -2.24. The van der Waals surface area contributed by atoms with Crippen molar-refractivity contribution < 1.29 is 0 Å². The molecule has 0 aliphatic carbocycles. The van der Waals surface area contributed by atoms with Crippen molar-refractivity contribution in [3.05, 3.63) is 78.0 Å². The van der Waals surface area contributed by atoms with Gasteiger partial charge in [-0.3, -0.25) is 0 Å². The third kappa shape index (κ3) is 9.87. The quantitative estimate of drug-likeness (QED) is 0.157. The number of nitrogens with zero attached hydrogens (tertiary/aromatic N) is 2. The molecule has 0 fully saturated rings. The predicted octanol–water partition coefficient (Wildman–Crippen LogP) is 9.05. The van der Waals surface area contributed by atoms with Crippen molar-refractivity contribution in [3.63, 3.8) is 0 Å². The fraction of sp³-hybridized carbons (Fsp3) is 0.531. The summed E-state index contributed by atoms with van der Waals surface area (Å²) < 4.78 is 0. The third-order valence-corrected chi connectivity index (χ3v) is 7.18. The molecule has 0 radical (unpaired) electrons. The molecule has 2 heteroatoms. The lowest BCUT2D eigenvalue weighted by molar-refractivity contribution is 0.306. The second-order valence-corrected chi connectivity index (χ2v) is 9.98. The van der Waals surface area contributed by atoms with E-state index in [2.05, 4.69) is 77.6 Å². The molecule has 0 amide bonds. The van der Waals surface area contributed by atoms with E-state index in [4.69, 9.17) is 0 Å². The zero-order valence-corrected chi connectivity index (χ0v) is 21.4. The molecule has 2 aromatic rings. The Bertz CT molecular complexity index is 758. The fourth-order valence-corrected chi connectivity index (χ4v) is 5.24. The highest BCUT2D eigenvalue weighted by molar-refractivity contribution is 6.18. The first kappa shape index (κ1) is 26.3. The van der Waals surface area contributed by atoms with Crippen LogP contribution in [0.2, 0.25) is 0 Å². The summed E-state index contributed by atoms with van der Waals surface area (Å²) in [6.45, 7) is 2.29. The molecule has 1 heterocycles. The van der Waals surface area contributed by atoms with E-state index in [9.17, 15) is 0 Å². The lowest BCUT2D eigenvalue weighted by atomic mass is 9.78. The van der Waals surface area contributed by atoms with Crippen molar-refractivity contribution in [2.24, 2.45) is 21.8 Å². The van der Waals surface area contributed by atoms with Crippen molar-refractivity contribution >= 4 is 12.4 Å². The largest absolute Gasteiger partial charge is 0.244 e. The Morgan fingerprint density at radius 2 is 1.03 bits per heavy atom. The highest BCUT2D eigenvalue weighted by Crippen LogP contribution is 2.36. The van der Waals surface area contributed by atoms with Gasteiger partial charge in [-0.2, -0.15) is 0 Å². The number of hydrogen-bond donors (Lipinski definition) is 0. The molecule has 0 aromatic heterocycles. The van der Waals surface area contributed by atoms with Crippen LogP contribution in [0.15, 0.2) is 70.6 Å². The van der Waals surface area contributed by atoms with Gasteiger partial charge in [0.2, 0.25) is 6.17 Å². The van der Waals surface area contributed by atoms with E-state index in [-0.39, 0.29) is 0 Å². The number of rotatable bonds is 18. The summed E-state index contributed by atoms with van der Waals surface area (Å²) in [5, 5.41) is 0. The van der Waals surface area contributed by atoms with Crippen molar-refractivity contribution in [1.29, 1.82) is 0 Å². The van der Waals surface area contributed by atoms with Crippen LogP contribution in [0, 0.1) is 18.0 Å². The topological polar surface area (TPSA) is 24.7 Å². The van der Waals surface area contributed by atoms with E-state index in [1.54, 1.807) is 0 Å². The van der Waals surface area contributed by atoms with Crippen LogP contribution in [0.5, 0.6) is 0 Å². The Balaban J connectivity index is 1.51. The van der Waals surface area contributed by atoms with E-state index in [1.165, 1.54) is 88.2 Å². The summed E-state index contributed by atoms with van der Waals surface area (Å²) in [5.74, 6) is 0.921. The van der Waals surface area contributed by atoms with E-state index in [1.807, 2.05) is 12.4 Å². The summed E-state index contributed by atoms with van der Waals surface area (Å²) in [6.07, 6.45) is 23.3. The first-order chi connectivity index (χ1) is 16.9. The van der Waals surface area contributed by atoms with E-state index in [0.29, 0.717) is 11.8 Å². The number of aliphatic imine (C=N–C) groups is 2. The maximum absolute atomic E-state index is 4.68. The van der Waals surface area contributed by atoms with Gasteiger partial charge in [-0.05, 0) is 36.3 Å². The maximum atomic E-state index is 4.68. The molecular weight excluding hydrogens is 412 g/mol. The minimum atomic E-state index is 0.411. The zero-order chi connectivity index (χ0) is 23.7. The molecule has 1 aliphatic heterocycles. The lowest BCUT2D eigenvalue weighted by Gasteiger charge is -2.26. The average molecular weight is 458 g/mol. The van der Waals surface area contributed by atoms with Gasteiger partial charge in [-0.25, -0.2) is 0 Å². The van der Waals surface area contributed by atoms with Gasteiger partial charge in [-0.15, -0.1) is 0 Å². The van der Waals surface area contributed by atoms with Crippen LogP contribution in [0.3, 0.4) is 0 Å². The van der Waals surface area contributed by atoms with Gasteiger partial charge >= 0.3 is 0 Å². The molecule has 0 N–H and O–H groups in total. The van der Waals surface area contributed by atoms with E-state index >= 15 is 0 Å². The summed E-state index contributed by atoms with van der Waals surface area (Å²) in [5.41, 5.74) is 2.83. The molecule has 1 atom stereocenters. The van der Waals surface area contributed by atoms with Crippen LogP contribution in [0.25, 0.3) is 0 Å². The minimum Gasteiger partial charge on any atom is -0.0965 e. The number of hydrogen-bond acceptors (Lipinski definition) is 2. The molecule has 2 aromatic carbocycles. The Morgan fingerprint density at radius 1 is 0.588 bits per heavy atom. The summed E-state index contributed by atoms with van der Waals surface area (Å²) in [4.78, 5) is 9.36. The third-order valence-electron chi connectivity index (χ3n) is 7.18.